The van der Waals surface area contributed by atoms with Crippen LogP contribution in [0.1, 0.15) is 31.0 Å². The zero-order valence-electron chi connectivity index (χ0n) is 22.3. The van der Waals surface area contributed by atoms with Crippen molar-refractivity contribution in [1.82, 2.24) is 4.57 Å². The van der Waals surface area contributed by atoms with Crippen LogP contribution in [0.3, 0.4) is 0 Å². The Bertz CT molecular complexity index is 1810. The van der Waals surface area contributed by atoms with Gasteiger partial charge in [-0.25, -0.2) is 4.99 Å². The molecule has 0 unspecified atom stereocenters. The molecule has 0 fully saturated rings. The minimum atomic E-state index is -1.33. The van der Waals surface area contributed by atoms with E-state index in [4.69, 9.17) is 9.47 Å². The standard InChI is InChI=1S/C31H27N3O6S/c1-3-39-23-14-12-21(13-15-23)28-27(29(37)33-22-9-5-4-6-10-22)19(2)32-31-34(28)30(38)25(41-31)17-20-8-7-11-24(16-20)40-18-26(35)36/h4-17,28H,3,18H2,1-2H3,(H,33,37)(H,35,36)/p-1/t28-/m0/s1. The van der Waals surface area contributed by atoms with Crippen molar-refractivity contribution < 1.29 is 24.2 Å². The van der Waals surface area contributed by atoms with E-state index in [9.17, 15) is 19.5 Å². The lowest BCUT2D eigenvalue weighted by molar-refractivity contribution is -0.307. The Kier molecular flexibility index (Phi) is 8.11. The van der Waals surface area contributed by atoms with Gasteiger partial charge in [0.1, 0.15) is 18.1 Å². The van der Waals surface area contributed by atoms with Crippen LogP contribution in [0.5, 0.6) is 11.5 Å². The van der Waals surface area contributed by atoms with Crippen LogP contribution in [0.15, 0.2) is 99.9 Å². The first-order valence-corrected chi connectivity index (χ1v) is 13.7. The Morgan fingerprint density at radius 1 is 1.02 bits per heavy atom. The van der Waals surface area contributed by atoms with E-state index in [1.54, 1.807) is 49.4 Å². The van der Waals surface area contributed by atoms with E-state index < -0.39 is 18.6 Å². The molecule has 1 aliphatic heterocycles. The SMILES string of the molecule is CCOc1ccc([C@H]2C(C(=O)Nc3ccccc3)=C(C)N=c3sc(=Cc4cccc(OCC(=O)[O-])c4)c(=O)n32)cc1. The van der Waals surface area contributed by atoms with E-state index in [0.29, 0.717) is 50.0 Å². The summed E-state index contributed by atoms with van der Waals surface area (Å²) in [5.74, 6) is -0.678. The van der Waals surface area contributed by atoms with Crippen LogP contribution in [0.4, 0.5) is 5.69 Å². The highest BCUT2D eigenvalue weighted by atomic mass is 32.1. The van der Waals surface area contributed by atoms with Crippen molar-refractivity contribution in [2.45, 2.75) is 19.9 Å². The first kappa shape index (κ1) is 27.6. The first-order valence-electron chi connectivity index (χ1n) is 12.9. The topological polar surface area (TPSA) is 122 Å². The molecule has 9 nitrogen and oxygen atoms in total. The second-order valence-electron chi connectivity index (χ2n) is 9.14. The van der Waals surface area contributed by atoms with Gasteiger partial charge in [-0.3, -0.25) is 14.2 Å². The van der Waals surface area contributed by atoms with E-state index in [1.165, 1.54) is 15.9 Å². The Morgan fingerprint density at radius 2 is 1.78 bits per heavy atom. The van der Waals surface area contributed by atoms with Crippen LogP contribution in [0, 0.1) is 0 Å². The molecule has 1 amide bonds. The number of carboxylic acid groups (broad SMARTS) is 1. The van der Waals surface area contributed by atoms with Gasteiger partial charge in [0, 0.05) is 5.69 Å². The Hall–Kier alpha value is -4.96. The average molecular weight is 569 g/mol. The van der Waals surface area contributed by atoms with Crippen LogP contribution in [0.2, 0.25) is 0 Å². The van der Waals surface area contributed by atoms with Crippen molar-refractivity contribution in [3.63, 3.8) is 0 Å². The number of nitrogens with zero attached hydrogens (tertiary/aromatic N) is 2. The molecule has 0 radical (unpaired) electrons. The number of nitrogens with one attached hydrogen (secondary N) is 1. The number of carboxylic acids is 1. The molecular weight excluding hydrogens is 542 g/mol. The van der Waals surface area contributed by atoms with Gasteiger partial charge in [-0.2, -0.15) is 0 Å². The number of carbonyl (C=O) groups is 2. The van der Waals surface area contributed by atoms with Gasteiger partial charge in [0.15, 0.2) is 4.80 Å². The van der Waals surface area contributed by atoms with Crippen LogP contribution in [-0.4, -0.2) is 29.7 Å². The number of hydrogen-bond acceptors (Lipinski definition) is 8. The number of para-hydroxylation sites is 1. The summed E-state index contributed by atoms with van der Waals surface area (Å²) in [6.45, 7) is 3.59. The third kappa shape index (κ3) is 6.12. The summed E-state index contributed by atoms with van der Waals surface area (Å²) in [5.41, 5.74) is 2.54. The molecule has 1 aliphatic rings. The van der Waals surface area contributed by atoms with Gasteiger partial charge in [-0.1, -0.05) is 53.8 Å². The van der Waals surface area contributed by atoms with Crippen LogP contribution in [-0.2, 0) is 9.59 Å². The van der Waals surface area contributed by atoms with Gasteiger partial charge in [-0.05, 0) is 67.4 Å². The molecule has 5 rings (SSSR count). The lowest BCUT2D eigenvalue weighted by atomic mass is 9.95. The Morgan fingerprint density at radius 3 is 2.49 bits per heavy atom. The van der Waals surface area contributed by atoms with E-state index in [1.807, 2.05) is 49.4 Å². The van der Waals surface area contributed by atoms with Crippen molar-refractivity contribution in [2.24, 2.45) is 4.99 Å². The summed E-state index contributed by atoms with van der Waals surface area (Å²) in [7, 11) is 0. The number of anilines is 1. The molecule has 0 saturated carbocycles. The van der Waals surface area contributed by atoms with Gasteiger partial charge in [-0.15, -0.1) is 0 Å². The molecule has 0 aliphatic carbocycles. The zero-order chi connectivity index (χ0) is 28.9. The number of aliphatic carboxylic acids is 1. The normalized spacial score (nSPS) is 14.7. The highest BCUT2D eigenvalue weighted by Crippen LogP contribution is 2.31. The Balaban J connectivity index is 1.60. The van der Waals surface area contributed by atoms with Gasteiger partial charge in [0.05, 0.1) is 34.4 Å². The van der Waals surface area contributed by atoms with Crippen molar-refractivity contribution in [2.75, 3.05) is 18.5 Å². The number of fused-ring (bicyclic) bond motifs is 1. The second-order valence-corrected chi connectivity index (χ2v) is 10.1. The number of rotatable bonds is 9. The van der Waals surface area contributed by atoms with E-state index >= 15 is 0 Å². The van der Waals surface area contributed by atoms with Crippen molar-refractivity contribution >= 4 is 35.0 Å². The molecule has 0 bridgehead atoms. The highest BCUT2D eigenvalue weighted by molar-refractivity contribution is 7.07. The molecule has 0 spiro atoms. The minimum Gasteiger partial charge on any atom is -0.546 e. The third-order valence-corrected chi connectivity index (χ3v) is 7.30. The molecule has 41 heavy (non-hydrogen) atoms. The predicted molar refractivity (Wildman–Crippen MR) is 153 cm³/mol. The summed E-state index contributed by atoms with van der Waals surface area (Å²) < 4.78 is 12.8. The lowest BCUT2D eigenvalue weighted by Gasteiger charge is -2.25. The molecule has 4 aromatic rings. The summed E-state index contributed by atoms with van der Waals surface area (Å²) in [6.07, 6.45) is 1.69. The Labute approximate surface area is 239 Å². The highest BCUT2D eigenvalue weighted by Gasteiger charge is 2.32. The summed E-state index contributed by atoms with van der Waals surface area (Å²) in [6, 6.07) is 22.4. The second kappa shape index (κ2) is 12.1. The minimum absolute atomic E-state index is 0.314. The van der Waals surface area contributed by atoms with Gasteiger partial charge >= 0.3 is 0 Å². The number of ether oxygens (including phenoxy) is 2. The molecule has 2 heterocycles. The monoisotopic (exact) mass is 568 g/mol. The van der Waals surface area contributed by atoms with Gasteiger partial charge < -0.3 is 24.7 Å². The van der Waals surface area contributed by atoms with E-state index in [0.717, 1.165) is 5.56 Å². The van der Waals surface area contributed by atoms with Crippen molar-refractivity contribution in [1.29, 1.82) is 0 Å². The molecule has 3 aromatic carbocycles. The van der Waals surface area contributed by atoms with Crippen molar-refractivity contribution in [3.05, 3.63) is 121 Å². The van der Waals surface area contributed by atoms with Gasteiger partial charge in [0.2, 0.25) is 0 Å². The molecule has 208 valence electrons. The molecule has 1 N–H and O–H groups in total. The first-order chi connectivity index (χ1) is 19.8. The smallest absolute Gasteiger partial charge is 0.271 e. The maximum atomic E-state index is 13.9. The summed E-state index contributed by atoms with van der Waals surface area (Å²) in [4.78, 5) is 43.4. The summed E-state index contributed by atoms with van der Waals surface area (Å²) in [5, 5.41) is 13.7. The lowest BCUT2D eigenvalue weighted by Crippen LogP contribution is -2.40. The van der Waals surface area contributed by atoms with E-state index in [2.05, 4.69) is 10.3 Å². The fourth-order valence-corrected chi connectivity index (χ4v) is 5.59. The third-order valence-electron chi connectivity index (χ3n) is 6.32. The van der Waals surface area contributed by atoms with Crippen molar-refractivity contribution in [3.8, 4) is 11.5 Å². The summed E-state index contributed by atoms with van der Waals surface area (Å²) >= 11 is 1.20. The van der Waals surface area contributed by atoms with Gasteiger partial charge in [0.25, 0.3) is 11.5 Å². The molecule has 10 heteroatoms. The number of benzene rings is 3. The van der Waals surface area contributed by atoms with Crippen LogP contribution < -0.4 is 34.8 Å². The maximum absolute atomic E-state index is 13.9. The largest absolute Gasteiger partial charge is 0.546 e. The molecular formula is C31H26N3O6S-. The number of aromatic nitrogens is 1. The number of carbonyl (C=O) groups excluding carboxylic acids is 2. The van der Waals surface area contributed by atoms with E-state index in [-0.39, 0.29) is 11.5 Å². The quantitative estimate of drug-likeness (QED) is 0.331. The number of amides is 1. The number of allylic oxidation sites excluding steroid dienone is 1. The number of thiazole rings is 1. The predicted octanol–water partition coefficient (Wildman–Crippen LogP) is 2.40. The maximum Gasteiger partial charge on any atom is 0.271 e. The fourth-order valence-electron chi connectivity index (χ4n) is 4.55. The number of hydrogen-bond donors (Lipinski definition) is 1. The molecule has 0 saturated heterocycles. The van der Waals surface area contributed by atoms with Crippen LogP contribution >= 0.6 is 11.3 Å². The molecule has 1 atom stereocenters. The molecule has 1 aromatic heterocycles. The average Bonchev–Trinajstić information content (AvgIpc) is 3.26. The zero-order valence-corrected chi connectivity index (χ0v) is 23.1. The van der Waals surface area contributed by atoms with Crippen LogP contribution in [0.25, 0.3) is 6.08 Å². The fraction of sp³-hybridized carbons (Fsp3) is 0.161.